The van der Waals surface area contributed by atoms with Crippen molar-refractivity contribution in [1.82, 2.24) is 0 Å². The minimum atomic E-state index is -0.228. The van der Waals surface area contributed by atoms with Crippen LogP contribution in [-0.2, 0) is 14.3 Å². The van der Waals surface area contributed by atoms with E-state index in [-0.39, 0.29) is 22.9 Å². The Labute approximate surface area is 144 Å². The molecule has 4 heteroatoms. The average molecular weight is 334 g/mol. The van der Waals surface area contributed by atoms with Gasteiger partial charge in [-0.25, -0.2) is 4.79 Å². The van der Waals surface area contributed by atoms with E-state index in [1.54, 1.807) is 6.08 Å². The number of rotatable bonds is 3. The predicted molar refractivity (Wildman–Crippen MR) is 90.3 cm³/mol. The van der Waals surface area contributed by atoms with Gasteiger partial charge in [0.05, 0.1) is 19.3 Å². The summed E-state index contributed by atoms with van der Waals surface area (Å²) in [4.78, 5) is 11.3. The van der Waals surface area contributed by atoms with E-state index in [9.17, 15) is 9.90 Å². The van der Waals surface area contributed by atoms with Crippen LogP contribution in [0, 0.1) is 28.6 Å². The van der Waals surface area contributed by atoms with E-state index < -0.39 is 0 Å². The van der Waals surface area contributed by atoms with Crippen molar-refractivity contribution in [2.75, 3.05) is 19.8 Å². The third-order valence-electron chi connectivity index (χ3n) is 7.95. The van der Waals surface area contributed by atoms with Gasteiger partial charge in [-0.05, 0) is 60.8 Å². The monoisotopic (exact) mass is 334 g/mol. The molecule has 1 N–H and O–H groups in total. The third kappa shape index (κ3) is 2.29. The van der Waals surface area contributed by atoms with E-state index in [0.29, 0.717) is 24.4 Å². The molecule has 0 bridgehead atoms. The molecule has 2 saturated carbocycles. The van der Waals surface area contributed by atoms with Gasteiger partial charge >= 0.3 is 5.97 Å². The molecule has 6 atom stereocenters. The smallest absolute Gasteiger partial charge is 0.331 e. The van der Waals surface area contributed by atoms with Gasteiger partial charge in [0.15, 0.2) is 0 Å². The van der Waals surface area contributed by atoms with Crippen LogP contribution < -0.4 is 0 Å². The summed E-state index contributed by atoms with van der Waals surface area (Å²) in [5, 5.41) is 11.0. The molecule has 0 aromatic rings. The zero-order valence-electron chi connectivity index (χ0n) is 14.9. The molecule has 4 nitrogen and oxygen atoms in total. The third-order valence-corrected chi connectivity index (χ3v) is 7.95. The Kier molecular flexibility index (Phi) is 4.04. The van der Waals surface area contributed by atoms with Gasteiger partial charge in [-0.2, -0.15) is 0 Å². The quantitative estimate of drug-likeness (QED) is 0.806. The van der Waals surface area contributed by atoms with Gasteiger partial charge in [0.1, 0.15) is 6.61 Å². The number of cyclic esters (lactones) is 1. The molecule has 0 radical (unpaired) electrons. The highest BCUT2D eigenvalue weighted by Crippen LogP contribution is 2.65. The molecule has 1 saturated heterocycles. The Balaban J connectivity index is 1.61. The first-order valence-corrected chi connectivity index (χ1v) is 9.59. The lowest BCUT2D eigenvalue weighted by Gasteiger charge is -2.61. The number of carbonyl (C=O) groups is 1. The average Bonchev–Trinajstić information content (AvgIpc) is 3.17. The summed E-state index contributed by atoms with van der Waals surface area (Å²) in [5.74, 6) is 1.33. The molecule has 4 aliphatic rings. The lowest BCUT2D eigenvalue weighted by molar-refractivity contribution is -0.176. The van der Waals surface area contributed by atoms with Crippen LogP contribution in [0.15, 0.2) is 11.6 Å². The molecule has 24 heavy (non-hydrogen) atoms. The lowest BCUT2D eigenvalue weighted by atomic mass is 9.44. The van der Waals surface area contributed by atoms with Gasteiger partial charge in [-0.1, -0.05) is 20.3 Å². The lowest BCUT2D eigenvalue weighted by Crippen LogP contribution is -2.60. The fraction of sp³-hybridized carbons (Fsp3) is 0.850. The highest BCUT2D eigenvalue weighted by molar-refractivity contribution is 5.85. The van der Waals surface area contributed by atoms with E-state index in [1.807, 2.05) is 0 Å². The van der Waals surface area contributed by atoms with Crippen molar-refractivity contribution in [3.63, 3.8) is 0 Å². The first-order chi connectivity index (χ1) is 11.5. The summed E-state index contributed by atoms with van der Waals surface area (Å²) in [7, 11) is 0. The number of ether oxygens (including phenoxy) is 2. The second-order valence-corrected chi connectivity index (χ2v) is 8.88. The number of esters is 1. The molecule has 134 valence electrons. The Morgan fingerprint density at radius 1 is 1.38 bits per heavy atom. The van der Waals surface area contributed by atoms with Crippen LogP contribution >= 0.6 is 0 Å². The van der Waals surface area contributed by atoms with E-state index in [1.165, 1.54) is 19.3 Å². The Morgan fingerprint density at radius 2 is 2.21 bits per heavy atom. The molecule has 0 unspecified atom stereocenters. The molecule has 2 heterocycles. The van der Waals surface area contributed by atoms with Crippen LogP contribution in [0.3, 0.4) is 0 Å². The number of carbonyl (C=O) groups excluding carboxylic acids is 1. The Morgan fingerprint density at radius 3 is 2.96 bits per heavy atom. The van der Waals surface area contributed by atoms with Crippen molar-refractivity contribution < 1.29 is 19.4 Å². The minimum Gasteiger partial charge on any atom is -0.458 e. The van der Waals surface area contributed by atoms with E-state index in [0.717, 1.165) is 38.0 Å². The molecule has 4 rings (SSSR count). The van der Waals surface area contributed by atoms with Crippen molar-refractivity contribution in [2.45, 2.75) is 58.5 Å². The van der Waals surface area contributed by atoms with Crippen LogP contribution in [0.4, 0.5) is 0 Å². The van der Waals surface area contributed by atoms with E-state index in [4.69, 9.17) is 9.47 Å². The highest BCUT2D eigenvalue weighted by atomic mass is 16.5. The SMILES string of the molecule is C[C@@H]1C[C@H](O)[C@@]23COC[C@@H]2CCC[C@@H]3[C@@]1(C)CCC1=CC(=O)OC1. The molecule has 2 aliphatic carbocycles. The number of aliphatic hydroxyl groups is 1. The van der Waals surface area contributed by atoms with Gasteiger partial charge in [-0.3, -0.25) is 0 Å². The van der Waals surface area contributed by atoms with Crippen molar-refractivity contribution in [2.24, 2.45) is 28.6 Å². The number of hydrogen-bond donors (Lipinski definition) is 1. The van der Waals surface area contributed by atoms with Crippen molar-refractivity contribution in [3.05, 3.63) is 11.6 Å². The van der Waals surface area contributed by atoms with Crippen molar-refractivity contribution in [1.29, 1.82) is 0 Å². The second kappa shape index (κ2) is 5.84. The molecule has 1 spiro atoms. The molecule has 0 aromatic heterocycles. The van der Waals surface area contributed by atoms with Crippen molar-refractivity contribution in [3.8, 4) is 0 Å². The van der Waals surface area contributed by atoms with Gasteiger partial charge in [-0.15, -0.1) is 0 Å². The van der Waals surface area contributed by atoms with Crippen molar-refractivity contribution >= 4 is 5.97 Å². The highest BCUT2D eigenvalue weighted by Gasteiger charge is 2.64. The zero-order chi connectivity index (χ0) is 16.9. The molecule has 0 aromatic carbocycles. The fourth-order valence-corrected chi connectivity index (χ4v) is 6.35. The number of aliphatic hydroxyl groups excluding tert-OH is 1. The summed E-state index contributed by atoms with van der Waals surface area (Å²) in [6.45, 7) is 6.75. The summed E-state index contributed by atoms with van der Waals surface area (Å²) in [6, 6.07) is 0. The summed E-state index contributed by atoms with van der Waals surface area (Å²) >= 11 is 0. The second-order valence-electron chi connectivity index (χ2n) is 8.88. The van der Waals surface area contributed by atoms with Crippen LogP contribution in [-0.4, -0.2) is 37.0 Å². The minimum absolute atomic E-state index is 0.0319. The molecule has 2 aliphatic heterocycles. The van der Waals surface area contributed by atoms with Gasteiger partial charge < -0.3 is 14.6 Å². The Bertz CT molecular complexity index is 556. The molecular formula is C20H30O4. The van der Waals surface area contributed by atoms with Crippen LogP contribution in [0.25, 0.3) is 0 Å². The van der Waals surface area contributed by atoms with Gasteiger partial charge in [0.2, 0.25) is 0 Å². The van der Waals surface area contributed by atoms with Gasteiger partial charge in [0, 0.05) is 11.5 Å². The van der Waals surface area contributed by atoms with Crippen LogP contribution in [0.1, 0.15) is 52.4 Å². The van der Waals surface area contributed by atoms with Crippen LogP contribution in [0.2, 0.25) is 0 Å². The topological polar surface area (TPSA) is 55.8 Å². The first kappa shape index (κ1) is 16.6. The summed E-state index contributed by atoms with van der Waals surface area (Å²) < 4.78 is 11.0. The first-order valence-electron chi connectivity index (χ1n) is 9.59. The number of hydrogen-bond acceptors (Lipinski definition) is 4. The maximum atomic E-state index is 11.3. The van der Waals surface area contributed by atoms with Crippen LogP contribution in [0.5, 0.6) is 0 Å². The summed E-state index contributed by atoms with van der Waals surface area (Å²) in [5.41, 5.74) is 1.29. The molecule has 3 fully saturated rings. The normalized spacial score (nSPS) is 47.8. The largest absolute Gasteiger partial charge is 0.458 e. The predicted octanol–water partition coefficient (Wildman–Crippen LogP) is 3.09. The van der Waals surface area contributed by atoms with Gasteiger partial charge in [0.25, 0.3) is 0 Å². The Hall–Kier alpha value is -0.870. The van der Waals surface area contributed by atoms with E-state index in [2.05, 4.69) is 13.8 Å². The zero-order valence-corrected chi connectivity index (χ0v) is 14.9. The van der Waals surface area contributed by atoms with E-state index >= 15 is 0 Å². The maximum absolute atomic E-state index is 11.3. The maximum Gasteiger partial charge on any atom is 0.331 e. The molecule has 0 amide bonds. The standard InChI is InChI=1S/C20H30O4/c1-13-8-17(21)20-12-23-11-15(20)4-3-5-16(20)19(13,2)7-6-14-9-18(22)24-10-14/h9,13,15-17,21H,3-8,10-12H2,1-2H3/t13-,15+,16-,17+,19+,20+/m1/s1. The molecular weight excluding hydrogens is 304 g/mol. The fourth-order valence-electron chi connectivity index (χ4n) is 6.35. The summed E-state index contributed by atoms with van der Waals surface area (Å²) in [6.07, 6.45) is 7.97.